The molecule has 2 aromatic carbocycles. The lowest BCUT2D eigenvalue weighted by molar-refractivity contribution is 0.214. The van der Waals surface area contributed by atoms with Gasteiger partial charge in [-0.05, 0) is 29.2 Å². The summed E-state index contributed by atoms with van der Waals surface area (Å²) in [6, 6.07) is 9.97. The molecule has 2 aliphatic heterocycles. The molecule has 0 spiro atoms. The Morgan fingerprint density at radius 3 is 2.70 bits per heavy atom. The molecule has 23 heavy (non-hydrogen) atoms. The van der Waals surface area contributed by atoms with Crippen LogP contribution in [0.1, 0.15) is 35.1 Å². The monoisotopic (exact) mass is 377 g/mol. The van der Waals surface area contributed by atoms with Crippen molar-refractivity contribution in [3.05, 3.63) is 52.6 Å². The van der Waals surface area contributed by atoms with Crippen LogP contribution < -0.4 is 10.1 Å². The molecule has 0 amide bonds. The van der Waals surface area contributed by atoms with Crippen LogP contribution in [0.4, 0.5) is 0 Å². The molecule has 4 nitrogen and oxygen atoms in total. The van der Waals surface area contributed by atoms with E-state index in [-0.39, 0.29) is 40.4 Å². The number of nitrogens with one attached hydrogen (secondary N) is 1. The molecular weight excluding hydrogens is 358 g/mol. The van der Waals surface area contributed by atoms with Crippen LogP contribution in [-0.4, -0.2) is 22.9 Å². The SMILES string of the molecule is Br.CCc1ccc2c(c1)[C@H]1c3cc(O)c(O)cc3OC[C@@H]1NC2. The van der Waals surface area contributed by atoms with Gasteiger partial charge in [0.2, 0.25) is 0 Å². The standard InChI is InChI=1S/C18H19NO3.BrH/c1-2-10-3-4-11-8-19-14-9-22-17-7-16(21)15(20)6-13(17)18(14)12(11)5-10;/h3-7,14,18-21H,2,8-9H2,1H3;1H/t14-,18-;/m0./s1. The quantitative estimate of drug-likeness (QED) is 0.667. The Kier molecular flexibility index (Phi) is 4.25. The van der Waals surface area contributed by atoms with Gasteiger partial charge in [0.15, 0.2) is 11.5 Å². The maximum atomic E-state index is 9.89. The van der Waals surface area contributed by atoms with Crippen LogP contribution in [0.25, 0.3) is 0 Å². The molecule has 0 radical (unpaired) electrons. The van der Waals surface area contributed by atoms with Crippen molar-refractivity contribution < 1.29 is 14.9 Å². The van der Waals surface area contributed by atoms with Crippen molar-refractivity contribution in [2.24, 2.45) is 0 Å². The molecule has 5 heteroatoms. The summed E-state index contributed by atoms with van der Waals surface area (Å²) in [5.74, 6) is 0.573. The van der Waals surface area contributed by atoms with Crippen LogP contribution in [0.3, 0.4) is 0 Å². The van der Waals surface area contributed by atoms with Crippen molar-refractivity contribution in [3.63, 3.8) is 0 Å². The lowest BCUT2D eigenvalue weighted by atomic mass is 9.78. The molecule has 2 aromatic rings. The van der Waals surface area contributed by atoms with Crippen LogP contribution in [0, 0.1) is 0 Å². The molecule has 0 fully saturated rings. The normalized spacial score (nSPS) is 21.3. The van der Waals surface area contributed by atoms with Crippen molar-refractivity contribution in [2.75, 3.05) is 6.61 Å². The Labute approximate surface area is 145 Å². The number of aromatic hydroxyl groups is 2. The highest BCUT2D eigenvalue weighted by Gasteiger charge is 2.37. The van der Waals surface area contributed by atoms with Gasteiger partial charge in [0, 0.05) is 24.1 Å². The molecule has 0 saturated heterocycles. The van der Waals surface area contributed by atoms with E-state index < -0.39 is 0 Å². The van der Waals surface area contributed by atoms with Crippen LogP contribution in [0.2, 0.25) is 0 Å². The Bertz CT molecular complexity index is 747. The minimum absolute atomic E-state index is 0. The van der Waals surface area contributed by atoms with Gasteiger partial charge in [0.1, 0.15) is 12.4 Å². The van der Waals surface area contributed by atoms with E-state index in [1.807, 2.05) is 0 Å². The molecule has 0 aromatic heterocycles. The Morgan fingerprint density at radius 2 is 1.91 bits per heavy atom. The van der Waals surface area contributed by atoms with Crippen LogP contribution in [-0.2, 0) is 13.0 Å². The fourth-order valence-electron chi connectivity index (χ4n) is 3.55. The summed E-state index contributed by atoms with van der Waals surface area (Å²) in [7, 11) is 0. The number of aryl methyl sites for hydroxylation is 1. The van der Waals surface area contributed by atoms with Gasteiger partial charge in [-0.2, -0.15) is 0 Å². The fourth-order valence-corrected chi connectivity index (χ4v) is 3.55. The number of rotatable bonds is 1. The molecule has 0 bridgehead atoms. The number of fused-ring (bicyclic) bond motifs is 5. The predicted molar refractivity (Wildman–Crippen MR) is 93.9 cm³/mol. The summed E-state index contributed by atoms with van der Waals surface area (Å²) in [4.78, 5) is 0. The van der Waals surface area contributed by atoms with Gasteiger partial charge in [-0.15, -0.1) is 17.0 Å². The number of ether oxygens (including phenoxy) is 1. The molecule has 2 aliphatic rings. The van der Waals surface area contributed by atoms with E-state index >= 15 is 0 Å². The molecule has 122 valence electrons. The molecule has 0 unspecified atom stereocenters. The Balaban J connectivity index is 0.00000156. The lowest BCUT2D eigenvalue weighted by Crippen LogP contribution is -2.46. The highest BCUT2D eigenvalue weighted by molar-refractivity contribution is 8.93. The molecule has 0 aliphatic carbocycles. The van der Waals surface area contributed by atoms with E-state index in [9.17, 15) is 10.2 Å². The number of halogens is 1. The third-order valence-electron chi connectivity index (χ3n) is 4.77. The Morgan fingerprint density at radius 1 is 1.13 bits per heavy atom. The number of hydrogen-bond acceptors (Lipinski definition) is 4. The van der Waals surface area contributed by atoms with Crippen molar-refractivity contribution >= 4 is 17.0 Å². The average Bonchev–Trinajstić information content (AvgIpc) is 2.55. The topological polar surface area (TPSA) is 61.7 Å². The van der Waals surface area contributed by atoms with Crippen molar-refractivity contribution in [3.8, 4) is 17.2 Å². The Hall–Kier alpha value is -1.72. The molecular formula is C18H20BrNO3. The molecule has 2 heterocycles. The summed E-state index contributed by atoms with van der Waals surface area (Å²) >= 11 is 0. The first-order valence-corrected chi connectivity index (χ1v) is 7.71. The van der Waals surface area contributed by atoms with E-state index in [1.54, 1.807) is 6.07 Å². The van der Waals surface area contributed by atoms with Gasteiger partial charge >= 0.3 is 0 Å². The first kappa shape index (κ1) is 16.1. The maximum absolute atomic E-state index is 9.89. The second-order valence-corrected chi connectivity index (χ2v) is 6.04. The van der Waals surface area contributed by atoms with Crippen molar-refractivity contribution in [2.45, 2.75) is 31.8 Å². The van der Waals surface area contributed by atoms with E-state index in [1.165, 1.54) is 22.8 Å². The first-order valence-electron chi connectivity index (χ1n) is 7.71. The summed E-state index contributed by atoms with van der Waals surface area (Å²) in [6.07, 6.45) is 1.00. The second kappa shape index (κ2) is 6.06. The predicted octanol–water partition coefficient (Wildman–Crippen LogP) is 3.23. The zero-order valence-corrected chi connectivity index (χ0v) is 14.6. The number of benzene rings is 2. The number of phenolic OH excluding ortho intramolecular Hbond substituents is 2. The van der Waals surface area contributed by atoms with Gasteiger partial charge in [0.25, 0.3) is 0 Å². The second-order valence-electron chi connectivity index (χ2n) is 6.04. The summed E-state index contributed by atoms with van der Waals surface area (Å²) in [5.41, 5.74) is 4.85. The molecule has 0 saturated carbocycles. The van der Waals surface area contributed by atoms with E-state index in [2.05, 4.69) is 30.4 Å². The zero-order chi connectivity index (χ0) is 15.3. The van der Waals surface area contributed by atoms with Gasteiger partial charge in [-0.25, -0.2) is 0 Å². The van der Waals surface area contributed by atoms with Crippen LogP contribution in [0.15, 0.2) is 30.3 Å². The third-order valence-corrected chi connectivity index (χ3v) is 4.77. The minimum Gasteiger partial charge on any atom is -0.504 e. The molecule has 3 N–H and O–H groups in total. The highest BCUT2D eigenvalue weighted by atomic mass is 79.9. The van der Waals surface area contributed by atoms with Gasteiger partial charge in [0.05, 0.1) is 6.04 Å². The van der Waals surface area contributed by atoms with Crippen LogP contribution >= 0.6 is 17.0 Å². The van der Waals surface area contributed by atoms with Crippen molar-refractivity contribution in [1.82, 2.24) is 5.32 Å². The van der Waals surface area contributed by atoms with Crippen LogP contribution in [0.5, 0.6) is 17.2 Å². The highest BCUT2D eigenvalue weighted by Crippen LogP contribution is 2.45. The third kappa shape index (κ3) is 2.58. The molecule has 2 atom stereocenters. The zero-order valence-electron chi connectivity index (χ0n) is 12.9. The summed E-state index contributed by atoms with van der Waals surface area (Å²) in [5, 5.41) is 23.1. The summed E-state index contributed by atoms with van der Waals surface area (Å²) < 4.78 is 5.77. The van der Waals surface area contributed by atoms with E-state index in [0.717, 1.165) is 18.5 Å². The molecule has 4 rings (SSSR count). The first-order chi connectivity index (χ1) is 10.7. The van der Waals surface area contributed by atoms with Gasteiger partial charge in [-0.1, -0.05) is 25.1 Å². The fraction of sp³-hybridized carbons (Fsp3) is 0.333. The van der Waals surface area contributed by atoms with Gasteiger partial charge in [-0.3, -0.25) is 0 Å². The number of hydrogen-bond donors (Lipinski definition) is 3. The van der Waals surface area contributed by atoms with E-state index in [0.29, 0.717) is 12.4 Å². The smallest absolute Gasteiger partial charge is 0.161 e. The van der Waals surface area contributed by atoms with Crippen molar-refractivity contribution in [1.29, 1.82) is 0 Å². The number of phenols is 2. The lowest BCUT2D eigenvalue weighted by Gasteiger charge is -2.39. The van der Waals surface area contributed by atoms with E-state index in [4.69, 9.17) is 4.74 Å². The average molecular weight is 378 g/mol. The largest absolute Gasteiger partial charge is 0.504 e. The summed E-state index contributed by atoms with van der Waals surface area (Å²) in [6.45, 7) is 3.56. The van der Waals surface area contributed by atoms with Gasteiger partial charge < -0.3 is 20.3 Å². The maximum Gasteiger partial charge on any atom is 0.161 e. The minimum atomic E-state index is -0.136.